The molecule has 4 saturated carbocycles. The van der Waals surface area contributed by atoms with E-state index in [9.17, 15) is 0 Å². The first kappa shape index (κ1) is 47.5. The maximum Gasteiger partial charge on any atom is 0.565 e. The Balaban J connectivity index is 0.000000120. The first-order valence-electron chi connectivity index (χ1n) is 29.8. The van der Waals surface area contributed by atoms with Crippen molar-refractivity contribution < 1.29 is 36.9 Å². The molecule has 0 unspecified atom stereocenters. The lowest BCUT2D eigenvalue weighted by atomic mass is 9.03. The molecular weight excluding hydrogens is 932 g/mol. The highest BCUT2D eigenvalue weighted by atomic mass is 16.5. The van der Waals surface area contributed by atoms with Crippen molar-refractivity contribution in [2.24, 2.45) is 23.7 Å². The van der Waals surface area contributed by atoms with Gasteiger partial charge < -0.3 is 36.9 Å². The Morgan fingerprint density at radius 1 is 0.316 bits per heavy atom. The normalized spacial score (nSPS) is 38.3. The molecule has 0 saturated heterocycles. The summed E-state index contributed by atoms with van der Waals surface area (Å²) in [6.07, 6.45) is 2.99. The summed E-state index contributed by atoms with van der Waals surface area (Å²) in [7, 11) is 0. The topological polar surface area (TPSA) is 49.0 Å². The molecule has 8 atom stereocenters. The van der Waals surface area contributed by atoms with Crippen LogP contribution in [0.4, 0.5) is 0 Å². The van der Waals surface area contributed by atoms with Crippen molar-refractivity contribution in [3.8, 4) is 0 Å². The Morgan fingerprint density at radius 3 is 0.803 bits per heavy atom. The second-order valence-corrected chi connectivity index (χ2v) is 28.6. The fourth-order valence-electron chi connectivity index (χ4n) is 21.9. The first-order valence-corrected chi connectivity index (χ1v) is 29.8. The van der Waals surface area contributed by atoms with Crippen LogP contribution in [0.1, 0.15) is 93.9 Å². The summed E-state index contributed by atoms with van der Waals surface area (Å²) in [4.78, 5) is 0. The van der Waals surface area contributed by atoms with E-state index >= 15 is 0 Å². The molecule has 8 bridgehead atoms. The smallest absolute Gasteiger partial charge is 0.478 e. The lowest BCUT2D eigenvalue weighted by Crippen LogP contribution is -2.89. The van der Waals surface area contributed by atoms with Gasteiger partial charge in [0.25, 0.3) is 0 Å². The van der Waals surface area contributed by atoms with Gasteiger partial charge in [-0.2, -0.15) is 10.9 Å². The van der Waals surface area contributed by atoms with Crippen LogP contribution in [0.5, 0.6) is 0 Å². The fourth-order valence-corrected chi connectivity index (χ4v) is 21.9. The van der Waals surface area contributed by atoms with E-state index in [0.717, 1.165) is 50.1 Å². The van der Waals surface area contributed by atoms with Crippen molar-refractivity contribution in [1.82, 2.24) is 0 Å². The molecule has 12 heteroatoms. The Morgan fingerprint density at radius 2 is 0.539 bits per heavy atom. The molecule has 14 aliphatic rings. The Bertz CT molecular complexity index is 2990. The maximum atomic E-state index is 6.96. The number of hydrogen-bond donors (Lipinski definition) is 0. The zero-order valence-electron chi connectivity index (χ0n) is 46.4. The van der Waals surface area contributed by atoms with Gasteiger partial charge in [0.05, 0.1) is 0 Å². The Labute approximate surface area is 452 Å². The van der Waals surface area contributed by atoms with E-state index in [1.165, 1.54) is 83.6 Å². The predicted molar refractivity (Wildman–Crippen MR) is 312 cm³/mol. The molecule has 19 rings (SSSR count). The molecule has 10 aliphatic heterocycles. The molecule has 390 valence electrons. The lowest BCUT2D eigenvalue weighted by Gasteiger charge is -2.63. The van der Waals surface area contributed by atoms with E-state index in [0.29, 0.717) is 23.3 Å². The number of hydrogen-bond acceptors (Lipinski definition) is 4. The molecule has 0 aromatic heterocycles. The lowest BCUT2D eigenvalue weighted by molar-refractivity contribution is -0.603. The van der Waals surface area contributed by atoms with Gasteiger partial charge in [-0.25, -0.2) is 0 Å². The molecule has 0 radical (unpaired) electrons. The van der Waals surface area contributed by atoms with Gasteiger partial charge >= 0.3 is 25.1 Å². The first-order chi connectivity index (χ1) is 36.7. The molecule has 10 heterocycles. The molecule has 0 N–H and O–H groups in total. The number of benzene rings is 5. The van der Waals surface area contributed by atoms with E-state index in [4.69, 9.17) is 18.9 Å². The van der Waals surface area contributed by atoms with Crippen molar-refractivity contribution in [2.75, 3.05) is 26.4 Å². The van der Waals surface area contributed by atoms with Crippen molar-refractivity contribution >= 4 is 70.2 Å². The molecule has 0 spiro atoms. The second-order valence-electron chi connectivity index (χ2n) is 28.6. The zero-order valence-corrected chi connectivity index (χ0v) is 46.4. The van der Waals surface area contributed by atoms with Crippen LogP contribution >= 0.6 is 0 Å². The summed E-state index contributed by atoms with van der Waals surface area (Å²) in [5.74, 6) is 10.4. The molecular formula is C64H78B4N4O4. The van der Waals surface area contributed by atoms with E-state index < -0.39 is 25.1 Å². The average molecular weight is 1010 g/mol. The van der Waals surface area contributed by atoms with Crippen LogP contribution in [-0.2, 0) is 18.9 Å². The van der Waals surface area contributed by atoms with Crippen molar-refractivity contribution in [1.29, 1.82) is 0 Å². The molecule has 5 aromatic carbocycles. The molecule has 8 nitrogen and oxygen atoms in total. The van der Waals surface area contributed by atoms with Crippen LogP contribution in [-0.4, -0.2) is 115 Å². The van der Waals surface area contributed by atoms with Crippen LogP contribution in [0, 0.1) is 23.7 Å². The summed E-state index contributed by atoms with van der Waals surface area (Å²) in [6.45, 7) is 22.2. The molecule has 4 fully saturated rings. The highest BCUT2D eigenvalue weighted by Gasteiger charge is 2.86. The third kappa shape index (κ3) is 5.62. The largest absolute Gasteiger partial charge is 0.565 e. The number of ether oxygens (including phenoxy) is 4. The third-order valence-electron chi connectivity index (χ3n) is 23.2. The summed E-state index contributed by atoms with van der Waals surface area (Å²) in [5, 5.41) is 0. The third-order valence-corrected chi connectivity index (χ3v) is 23.2. The number of rotatable bonds is 4. The van der Waals surface area contributed by atoms with E-state index in [1.807, 2.05) is 36.4 Å². The van der Waals surface area contributed by atoms with Crippen LogP contribution in [0.25, 0.3) is 0 Å². The van der Waals surface area contributed by atoms with Gasteiger partial charge in [0.15, 0.2) is 0 Å². The monoisotopic (exact) mass is 1010 g/mol. The van der Waals surface area contributed by atoms with Crippen LogP contribution in [0.15, 0.2) is 158 Å². The standard InChI is InChI=1S/2C29H36B2N2O2.C6H6/c2*1-28(2)18-34-26-30(22-11-7-5-8-12-22)24-20-15-16-21(17-20)25(24)31(32(26)28,23-13-9-6-10-14-23)33-27(30)35-19-29(33,3)4;1-2-4-6-5-3-1/h2*5-14,20-21,24-25H,15-19H2,1-4H3;1-6H/t2*20-,21+,24+,25-,30?,31?;/m10./s1. The minimum Gasteiger partial charge on any atom is -0.478 e. The molecule has 5 aromatic rings. The molecule has 0 amide bonds. The van der Waals surface area contributed by atoms with Crippen molar-refractivity contribution in [3.63, 3.8) is 0 Å². The number of nitrogens with zero attached hydrogens (tertiary/aromatic N) is 4. The van der Waals surface area contributed by atoms with Crippen LogP contribution < -0.4 is 21.9 Å². The highest BCUT2D eigenvalue weighted by molar-refractivity contribution is 7.34. The number of fused-ring (bicyclic) bond motifs is 4. The van der Waals surface area contributed by atoms with Crippen molar-refractivity contribution in [3.05, 3.63) is 158 Å². The second kappa shape index (κ2) is 15.9. The Kier molecular flexibility index (Phi) is 9.95. The van der Waals surface area contributed by atoms with Gasteiger partial charge in [-0.3, -0.25) is 0 Å². The SMILES string of the molecule is CC1(C)COC2=[N+]1[B-]1(c3ccccc3)[C@@H]3[C@H]4CC[C@H](C4)[C@@H]3[B-]2(c2ccccc2)C2=[N+]1C(C)(C)CO2.CC1(C)COC2=[N+]1[B-]1(c3ccccc3)[C@H]3[C@@H]4CC[C@@H](C4)[C@H]3[B-]2(c2ccccc2)C2=[N+]1C(C)(C)CO2.c1ccccc1. The highest BCUT2D eigenvalue weighted by Crippen LogP contribution is 2.72. The van der Waals surface area contributed by atoms with Gasteiger partial charge in [0.2, 0.25) is 0 Å². The van der Waals surface area contributed by atoms with Crippen LogP contribution in [0.2, 0.25) is 23.3 Å². The summed E-state index contributed by atoms with van der Waals surface area (Å²) in [6, 6.07) is 57.7. The maximum absolute atomic E-state index is 6.96. The minimum absolute atomic E-state index is 0.0794. The van der Waals surface area contributed by atoms with Gasteiger partial charge in [-0.1, -0.05) is 231 Å². The summed E-state index contributed by atoms with van der Waals surface area (Å²) in [5.41, 5.74) is 5.46. The molecule has 76 heavy (non-hydrogen) atoms. The quantitative estimate of drug-likeness (QED) is 0.170. The van der Waals surface area contributed by atoms with Gasteiger partial charge in [0, 0.05) is 0 Å². The van der Waals surface area contributed by atoms with Crippen LogP contribution in [0.3, 0.4) is 0 Å². The Hall–Kier alpha value is -5.76. The van der Waals surface area contributed by atoms with Gasteiger partial charge in [-0.15, -0.1) is 11.6 Å². The summed E-state index contributed by atoms with van der Waals surface area (Å²) < 4.78 is 39.2. The van der Waals surface area contributed by atoms with Gasteiger partial charge in [-0.05, 0) is 67.0 Å². The van der Waals surface area contributed by atoms with E-state index in [-0.39, 0.29) is 22.2 Å². The summed E-state index contributed by atoms with van der Waals surface area (Å²) >= 11 is 0. The minimum atomic E-state index is -1.32. The average Bonchev–Trinajstić information content (AvgIpc) is 4.15. The van der Waals surface area contributed by atoms with Gasteiger partial charge in [0.1, 0.15) is 71.8 Å². The fraction of sp³-hybridized carbons (Fsp3) is 0.469. The zero-order chi connectivity index (χ0) is 51.8. The van der Waals surface area contributed by atoms with Crippen molar-refractivity contribution in [2.45, 2.75) is 139 Å². The predicted octanol–water partition coefficient (Wildman–Crippen LogP) is 8.50. The molecule has 4 aliphatic carbocycles. The van der Waals surface area contributed by atoms with E-state index in [2.05, 4.69) is 195 Å². The van der Waals surface area contributed by atoms with E-state index in [1.54, 1.807) is 0 Å².